The van der Waals surface area contributed by atoms with Crippen LogP contribution in [0.15, 0.2) is 46.2 Å². The number of piperidine rings is 1. The van der Waals surface area contributed by atoms with E-state index in [1.54, 1.807) is 29.4 Å². The predicted octanol–water partition coefficient (Wildman–Crippen LogP) is 2.72. The van der Waals surface area contributed by atoms with Crippen LogP contribution in [0.1, 0.15) is 47.5 Å². The van der Waals surface area contributed by atoms with E-state index in [0.717, 1.165) is 55.3 Å². The first-order valence-electron chi connectivity index (χ1n) is 10.9. The molecule has 0 radical (unpaired) electrons. The van der Waals surface area contributed by atoms with E-state index in [1.807, 2.05) is 17.0 Å². The number of fused-ring (bicyclic) bond motifs is 1. The maximum Gasteiger partial charge on any atom is 0.292 e. The van der Waals surface area contributed by atoms with E-state index in [0.29, 0.717) is 37.0 Å². The molecule has 3 aromatic heterocycles. The Morgan fingerprint density at radius 3 is 2.68 bits per heavy atom. The van der Waals surface area contributed by atoms with Crippen LogP contribution >= 0.6 is 0 Å². The summed E-state index contributed by atoms with van der Waals surface area (Å²) in [6.45, 7) is 1.94. The Morgan fingerprint density at radius 1 is 1.13 bits per heavy atom. The number of pyridine rings is 1. The number of hydrogen-bond acceptors (Lipinski definition) is 6. The molecule has 2 aliphatic rings. The highest BCUT2D eigenvalue weighted by Gasteiger charge is 2.30. The lowest BCUT2D eigenvalue weighted by Crippen LogP contribution is -2.40. The van der Waals surface area contributed by atoms with E-state index < -0.39 is 0 Å². The highest BCUT2D eigenvalue weighted by atomic mass is 16.5. The molecule has 8 nitrogen and oxygen atoms in total. The van der Waals surface area contributed by atoms with Crippen LogP contribution < -0.4 is 5.56 Å². The first-order chi connectivity index (χ1) is 15.2. The number of aromatic nitrogens is 4. The summed E-state index contributed by atoms with van der Waals surface area (Å²) in [5.41, 5.74) is 3.42. The second kappa shape index (κ2) is 8.45. The molecule has 0 spiro atoms. The number of aryl methyl sites for hydroxylation is 1. The van der Waals surface area contributed by atoms with Gasteiger partial charge in [0.05, 0.1) is 17.7 Å². The van der Waals surface area contributed by atoms with Gasteiger partial charge >= 0.3 is 0 Å². The summed E-state index contributed by atoms with van der Waals surface area (Å²) >= 11 is 0. The number of amides is 1. The third-order valence-corrected chi connectivity index (χ3v) is 6.37. The van der Waals surface area contributed by atoms with E-state index in [2.05, 4.69) is 15.1 Å². The van der Waals surface area contributed by atoms with Crippen LogP contribution in [0.4, 0.5) is 0 Å². The van der Waals surface area contributed by atoms with Crippen LogP contribution in [0.5, 0.6) is 0 Å². The fourth-order valence-electron chi connectivity index (χ4n) is 4.54. The standard InChI is InChI=1S/C23H25N5O3/c29-21-13-20(17-5-9-24-10-6-17)25-15-28(21)14-16-7-11-27(12-8-16)23(30)22-18-3-1-2-4-19(18)26-31-22/h5-6,9-10,13,15-16H,1-4,7-8,11-12,14H2. The summed E-state index contributed by atoms with van der Waals surface area (Å²) in [6, 6.07) is 5.25. The first kappa shape index (κ1) is 19.7. The molecule has 1 fully saturated rings. The lowest BCUT2D eigenvalue weighted by molar-refractivity contribution is 0.0639. The monoisotopic (exact) mass is 419 g/mol. The lowest BCUT2D eigenvalue weighted by atomic mass is 9.94. The molecule has 8 heteroatoms. The minimum Gasteiger partial charge on any atom is -0.350 e. The predicted molar refractivity (Wildman–Crippen MR) is 114 cm³/mol. The van der Waals surface area contributed by atoms with Crippen molar-refractivity contribution in [2.24, 2.45) is 5.92 Å². The summed E-state index contributed by atoms with van der Waals surface area (Å²) in [5.74, 6) is 0.717. The van der Waals surface area contributed by atoms with Crippen LogP contribution in [0.3, 0.4) is 0 Å². The van der Waals surface area contributed by atoms with Crippen LogP contribution in [0.2, 0.25) is 0 Å². The number of rotatable bonds is 4. The number of hydrogen-bond donors (Lipinski definition) is 0. The van der Waals surface area contributed by atoms with Crippen molar-refractivity contribution in [3.63, 3.8) is 0 Å². The van der Waals surface area contributed by atoms with Gasteiger partial charge in [-0.25, -0.2) is 4.98 Å². The zero-order valence-corrected chi connectivity index (χ0v) is 17.4. The molecule has 0 N–H and O–H groups in total. The first-order valence-corrected chi connectivity index (χ1v) is 10.9. The average molecular weight is 419 g/mol. The second-order valence-electron chi connectivity index (χ2n) is 8.38. The van der Waals surface area contributed by atoms with Crippen molar-refractivity contribution >= 4 is 5.91 Å². The quantitative estimate of drug-likeness (QED) is 0.645. The highest BCUT2D eigenvalue weighted by Crippen LogP contribution is 2.27. The summed E-state index contributed by atoms with van der Waals surface area (Å²) in [6.07, 6.45) is 10.7. The maximum absolute atomic E-state index is 12.9. The second-order valence-corrected chi connectivity index (χ2v) is 8.38. The Bertz CT molecular complexity index is 1130. The molecule has 5 rings (SSSR count). The van der Waals surface area contributed by atoms with Gasteiger partial charge in [-0.2, -0.15) is 0 Å². The van der Waals surface area contributed by atoms with Crippen molar-refractivity contribution in [2.75, 3.05) is 13.1 Å². The van der Waals surface area contributed by atoms with Crippen molar-refractivity contribution in [1.82, 2.24) is 24.6 Å². The Morgan fingerprint density at radius 2 is 1.90 bits per heavy atom. The largest absolute Gasteiger partial charge is 0.350 e. The van der Waals surface area contributed by atoms with Crippen LogP contribution in [0.25, 0.3) is 11.3 Å². The Kier molecular flexibility index (Phi) is 5.36. The molecule has 0 bridgehead atoms. The van der Waals surface area contributed by atoms with Gasteiger partial charge < -0.3 is 9.42 Å². The third-order valence-electron chi connectivity index (χ3n) is 6.37. The van der Waals surface area contributed by atoms with Crippen molar-refractivity contribution < 1.29 is 9.32 Å². The Hall–Kier alpha value is -3.29. The van der Waals surface area contributed by atoms with E-state index in [-0.39, 0.29) is 11.5 Å². The zero-order valence-electron chi connectivity index (χ0n) is 17.4. The van der Waals surface area contributed by atoms with E-state index in [9.17, 15) is 9.59 Å². The molecule has 1 saturated heterocycles. The summed E-state index contributed by atoms with van der Waals surface area (Å²) in [5, 5.41) is 4.11. The summed E-state index contributed by atoms with van der Waals surface area (Å²) in [7, 11) is 0. The molecule has 1 aliphatic heterocycles. The molecule has 1 aliphatic carbocycles. The van der Waals surface area contributed by atoms with E-state index >= 15 is 0 Å². The van der Waals surface area contributed by atoms with Gasteiger partial charge in [0, 0.05) is 49.2 Å². The molecule has 1 amide bonds. The fourth-order valence-corrected chi connectivity index (χ4v) is 4.54. The molecular formula is C23H25N5O3. The molecule has 31 heavy (non-hydrogen) atoms. The van der Waals surface area contributed by atoms with E-state index in [4.69, 9.17) is 4.52 Å². The highest BCUT2D eigenvalue weighted by molar-refractivity contribution is 5.93. The summed E-state index contributed by atoms with van der Waals surface area (Å²) < 4.78 is 7.09. The normalized spacial score (nSPS) is 16.8. The van der Waals surface area contributed by atoms with Crippen molar-refractivity contribution in [1.29, 1.82) is 0 Å². The Labute approximate surface area is 179 Å². The number of carbonyl (C=O) groups is 1. The van der Waals surface area contributed by atoms with Gasteiger partial charge in [-0.15, -0.1) is 0 Å². The molecular weight excluding hydrogens is 394 g/mol. The van der Waals surface area contributed by atoms with Crippen molar-refractivity contribution in [3.05, 3.63) is 64.3 Å². The van der Waals surface area contributed by atoms with Gasteiger partial charge in [0.25, 0.3) is 11.5 Å². The van der Waals surface area contributed by atoms with E-state index in [1.165, 1.54) is 0 Å². The Balaban J connectivity index is 1.21. The van der Waals surface area contributed by atoms with Gasteiger partial charge in [0.2, 0.25) is 5.76 Å². The van der Waals surface area contributed by atoms with Gasteiger partial charge in [-0.3, -0.25) is 19.1 Å². The third kappa shape index (κ3) is 4.02. The number of nitrogens with zero attached hydrogens (tertiary/aromatic N) is 5. The SMILES string of the molecule is O=C(c1onc2c1CCCC2)N1CCC(Cn2cnc(-c3ccncc3)cc2=O)CC1. The molecule has 0 unspecified atom stereocenters. The number of likely N-dealkylation sites (tertiary alicyclic amines) is 1. The average Bonchev–Trinajstić information content (AvgIpc) is 3.25. The smallest absolute Gasteiger partial charge is 0.292 e. The van der Waals surface area contributed by atoms with Crippen molar-refractivity contribution in [3.8, 4) is 11.3 Å². The van der Waals surface area contributed by atoms with Crippen molar-refractivity contribution in [2.45, 2.75) is 45.1 Å². The van der Waals surface area contributed by atoms with Crippen LogP contribution in [0, 0.1) is 5.92 Å². The summed E-state index contributed by atoms with van der Waals surface area (Å²) in [4.78, 5) is 35.8. The molecule has 4 heterocycles. The fraction of sp³-hybridized carbons (Fsp3) is 0.435. The van der Waals surface area contributed by atoms with Crippen LogP contribution in [-0.4, -0.2) is 43.6 Å². The minimum absolute atomic E-state index is 0.0466. The van der Waals surface area contributed by atoms with Gasteiger partial charge in [-0.05, 0) is 56.6 Å². The molecule has 0 atom stereocenters. The minimum atomic E-state index is -0.0615. The number of carbonyl (C=O) groups excluding carboxylic acids is 1. The maximum atomic E-state index is 12.9. The van der Waals surface area contributed by atoms with Gasteiger partial charge in [-0.1, -0.05) is 5.16 Å². The van der Waals surface area contributed by atoms with Crippen LogP contribution in [-0.2, 0) is 19.4 Å². The zero-order chi connectivity index (χ0) is 21.2. The molecule has 3 aromatic rings. The molecule has 0 saturated carbocycles. The topological polar surface area (TPSA) is 94.1 Å². The molecule has 160 valence electrons. The van der Waals surface area contributed by atoms with Gasteiger partial charge in [0.1, 0.15) is 0 Å². The molecule has 0 aromatic carbocycles. The lowest BCUT2D eigenvalue weighted by Gasteiger charge is -2.31. The van der Waals surface area contributed by atoms with Gasteiger partial charge in [0.15, 0.2) is 0 Å².